The van der Waals surface area contributed by atoms with Gasteiger partial charge >= 0.3 is 0 Å². The van der Waals surface area contributed by atoms with Crippen LogP contribution in [0.2, 0.25) is 0 Å². The quantitative estimate of drug-likeness (QED) is 0.799. The molecular formula is C14H14F2N2O. The standard InChI is InChI=1S/C14H14F2N2O/c1-8-11(9(2)18(3)17-8)7-14(19)10-4-5-12(15)13(16)6-10/h4-6H,7H2,1-3H3. The minimum absolute atomic E-state index is 0.135. The van der Waals surface area contributed by atoms with Crippen molar-refractivity contribution in [2.45, 2.75) is 20.3 Å². The van der Waals surface area contributed by atoms with Crippen LogP contribution in [0.25, 0.3) is 0 Å². The molecule has 1 heterocycles. The van der Waals surface area contributed by atoms with Gasteiger partial charge in [0.15, 0.2) is 17.4 Å². The topological polar surface area (TPSA) is 34.9 Å². The molecule has 0 atom stereocenters. The Labute approximate surface area is 109 Å². The normalized spacial score (nSPS) is 10.8. The van der Waals surface area contributed by atoms with Gasteiger partial charge in [0.05, 0.1) is 5.69 Å². The first-order valence-electron chi connectivity index (χ1n) is 5.87. The number of halogens is 2. The van der Waals surface area contributed by atoms with E-state index in [1.807, 2.05) is 13.8 Å². The van der Waals surface area contributed by atoms with E-state index in [1.54, 1.807) is 11.7 Å². The SMILES string of the molecule is Cc1nn(C)c(C)c1CC(=O)c1ccc(F)c(F)c1. The molecule has 0 aliphatic heterocycles. The summed E-state index contributed by atoms with van der Waals surface area (Å²) in [6.45, 7) is 3.69. The zero-order valence-corrected chi connectivity index (χ0v) is 11.0. The molecule has 0 saturated carbocycles. The van der Waals surface area contributed by atoms with E-state index in [0.29, 0.717) is 0 Å². The van der Waals surface area contributed by atoms with Crippen molar-refractivity contribution >= 4 is 5.78 Å². The molecule has 3 nitrogen and oxygen atoms in total. The molecule has 0 N–H and O–H groups in total. The highest BCUT2D eigenvalue weighted by Gasteiger charge is 2.16. The lowest BCUT2D eigenvalue weighted by Crippen LogP contribution is -2.06. The molecule has 1 aromatic heterocycles. The van der Waals surface area contributed by atoms with Crippen molar-refractivity contribution in [1.29, 1.82) is 0 Å². The lowest BCUT2D eigenvalue weighted by Gasteiger charge is -2.03. The molecule has 5 heteroatoms. The van der Waals surface area contributed by atoms with Crippen LogP contribution in [0.4, 0.5) is 8.78 Å². The summed E-state index contributed by atoms with van der Waals surface area (Å²) in [5, 5.41) is 4.22. The molecule has 19 heavy (non-hydrogen) atoms. The van der Waals surface area contributed by atoms with Crippen LogP contribution < -0.4 is 0 Å². The fraction of sp³-hybridized carbons (Fsp3) is 0.286. The van der Waals surface area contributed by atoms with Crippen molar-refractivity contribution in [3.8, 4) is 0 Å². The zero-order chi connectivity index (χ0) is 14.2. The first kappa shape index (κ1) is 13.4. The lowest BCUT2D eigenvalue weighted by molar-refractivity contribution is 0.0992. The van der Waals surface area contributed by atoms with Gasteiger partial charge in [0.25, 0.3) is 0 Å². The minimum Gasteiger partial charge on any atom is -0.294 e. The summed E-state index contributed by atoms with van der Waals surface area (Å²) >= 11 is 0. The van der Waals surface area contributed by atoms with Crippen molar-refractivity contribution in [2.24, 2.45) is 7.05 Å². The third kappa shape index (κ3) is 2.54. The van der Waals surface area contributed by atoms with Gasteiger partial charge in [-0.05, 0) is 32.0 Å². The Hall–Kier alpha value is -2.04. The number of Topliss-reactive ketones (excluding diaryl/α,β-unsaturated/α-hetero) is 1. The molecule has 0 spiro atoms. The Morgan fingerprint density at radius 3 is 2.47 bits per heavy atom. The Bertz CT molecular complexity index is 647. The minimum atomic E-state index is -1.01. The van der Waals surface area contributed by atoms with Gasteiger partial charge in [-0.3, -0.25) is 9.48 Å². The number of ketones is 1. The molecule has 2 rings (SSSR count). The molecule has 0 radical (unpaired) electrons. The van der Waals surface area contributed by atoms with E-state index in [2.05, 4.69) is 5.10 Å². The van der Waals surface area contributed by atoms with E-state index >= 15 is 0 Å². The first-order valence-corrected chi connectivity index (χ1v) is 5.87. The maximum atomic E-state index is 13.1. The Balaban J connectivity index is 2.28. The monoisotopic (exact) mass is 264 g/mol. The van der Waals surface area contributed by atoms with Crippen LogP contribution >= 0.6 is 0 Å². The molecule has 2 aromatic rings. The molecule has 0 amide bonds. The molecule has 0 aliphatic carbocycles. The molecule has 0 unspecified atom stereocenters. The number of carbonyl (C=O) groups is 1. The second-order valence-corrected chi connectivity index (χ2v) is 4.50. The van der Waals surface area contributed by atoms with Gasteiger partial charge in [0, 0.05) is 30.3 Å². The van der Waals surface area contributed by atoms with Crippen LogP contribution in [-0.4, -0.2) is 15.6 Å². The molecule has 0 aliphatic rings. The third-order valence-electron chi connectivity index (χ3n) is 3.24. The number of benzene rings is 1. The number of aryl methyl sites for hydroxylation is 2. The maximum absolute atomic E-state index is 13.1. The average molecular weight is 264 g/mol. The number of hydrogen-bond donors (Lipinski definition) is 0. The van der Waals surface area contributed by atoms with Crippen LogP contribution in [0.5, 0.6) is 0 Å². The van der Waals surface area contributed by atoms with E-state index < -0.39 is 11.6 Å². The summed E-state index contributed by atoms with van der Waals surface area (Å²) in [6, 6.07) is 3.19. The van der Waals surface area contributed by atoms with Crippen molar-refractivity contribution in [2.75, 3.05) is 0 Å². The second-order valence-electron chi connectivity index (χ2n) is 4.50. The van der Waals surface area contributed by atoms with E-state index in [9.17, 15) is 13.6 Å². The van der Waals surface area contributed by atoms with Crippen LogP contribution in [-0.2, 0) is 13.5 Å². The summed E-state index contributed by atoms with van der Waals surface area (Å²) in [4.78, 5) is 12.1. The van der Waals surface area contributed by atoms with Crippen LogP contribution in [0.15, 0.2) is 18.2 Å². The number of aromatic nitrogens is 2. The van der Waals surface area contributed by atoms with Crippen LogP contribution in [0.1, 0.15) is 27.3 Å². The Morgan fingerprint density at radius 2 is 1.95 bits per heavy atom. The molecule has 0 fully saturated rings. The maximum Gasteiger partial charge on any atom is 0.167 e. The molecule has 1 aromatic carbocycles. The molecular weight excluding hydrogens is 250 g/mol. The average Bonchev–Trinajstić information content (AvgIpc) is 2.59. The summed E-state index contributed by atoms with van der Waals surface area (Å²) in [6.07, 6.45) is 0.135. The van der Waals surface area contributed by atoms with E-state index in [4.69, 9.17) is 0 Å². The van der Waals surface area contributed by atoms with E-state index in [-0.39, 0.29) is 17.8 Å². The third-order valence-corrected chi connectivity index (χ3v) is 3.24. The van der Waals surface area contributed by atoms with Crippen LogP contribution in [0.3, 0.4) is 0 Å². The largest absolute Gasteiger partial charge is 0.294 e. The lowest BCUT2D eigenvalue weighted by atomic mass is 10.0. The highest BCUT2D eigenvalue weighted by Crippen LogP contribution is 2.16. The van der Waals surface area contributed by atoms with E-state index in [1.165, 1.54) is 6.07 Å². The van der Waals surface area contributed by atoms with Crippen molar-refractivity contribution in [3.05, 3.63) is 52.3 Å². The number of nitrogens with zero attached hydrogens (tertiary/aromatic N) is 2. The molecule has 0 saturated heterocycles. The summed E-state index contributed by atoms with van der Waals surface area (Å²) in [7, 11) is 1.80. The van der Waals surface area contributed by atoms with Gasteiger partial charge in [-0.25, -0.2) is 8.78 Å². The zero-order valence-electron chi connectivity index (χ0n) is 11.0. The van der Waals surface area contributed by atoms with Crippen LogP contribution in [0, 0.1) is 25.5 Å². The smallest absolute Gasteiger partial charge is 0.167 e. The van der Waals surface area contributed by atoms with Gasteiger partial charge in [-0.15, -0.1) is 0 Å². The first-order chi connectivity index (χ1) is 8.90. The summed E-state index contributed by atoms with van der Waals surface area (Å²) < 4.78 is 27.6. The summed E-state index contributed by atoms with van der Waals surface area (Å²) in [5.74, 6) is -2.21. The van der Waals surface area contributed by atoms with Gasteiger partial charge in [-0.1, -0.05) is 0 Å². The Morgan fingerprint density at radius 1 is 1.26 bits per heavy atom. The van der Waals surface area contributed by atoms with Gasteiger partial charge in [0.2, 0.25) is 0 Å². The predicted octanol–water partition coefficient (Wildman–Crippen LogP) is 2.74. The van der Waals surface area contributed by atoms with Gasteiger partial charge in [0.1, 0.15) is 0 Å². The van der Waals surface area contributed by atoms with Gasteiger partial charge < -0.3 is 0 Å². The number of rotatable bonds is 3. The molecule has 100 valence electrons. The molecule has 0 bridgehead atoms. The number of carbonyl (C=O) groups excluding carboxylic acids is 1. The second kappa shape index (κ2) is 4.91. The highest BCUT2D eigenvalue weighted by atomic mass is 19.2. The van der Waals surface area contributed by atoms with Crippen molar-refractivity contribution < 1.29 is 13.6 Å². The highest BCUT2D eigenvalue weighted by molar-refractivity contribution is 5.97. The van der Waals surface area contributed by atoms with Crippen molar-refractivity contribution in [3.63, 3.8) is 0 Å². The fourth-order valence-electron chi connectivity index (χ4n) is 2.01. The Kier molecular flexibility index (Phi) is 3.46. The van der Waals surface area contributed by atoms with E-state index in [0.717, 1.165) is 29.1 Å². The van der Waals surface area contributed by atoms with Gasteiger partial charge in [-0.2, -0.15) is 5.10 Å². The van der Waals surface area contributed by atoms with Crippen molar-refractivity contribution in [1.82, 2.24) is 9.78 Å². The fourth-order valence-corrected chi connectivity index (χ4v) is 2.01. The summed E-state index contributed by atoms with van der Waals surface area (Å²) in [5.41, 5.74) is 2.67. The predicted molar refractivity (Wildman–Crippen MR) is 67.1 cm³/mol. The number of hydrogen-bond acceptors (Lipinski definition) is 2.